The second-order valence-electron chi connectivity index (χ2n) is 8.26. The molecular weight excluding hydrogens is 486 g/mol. The minimum absolute atomic E-state index is 0.00804. The van der Waals surface area contributed by atoms with Crippen LogP contribution >= 0.6 is 0 Å². The number of para-hydroxylation sites is 1. The smallest absolute Gasteiger partial charge is 0.264 e. The molecule has 10 heteroatoms. The molecule has 0 aromatic heterocycles. The molecule has 4 rings (SSSR count). The molecule has 1 heterocycles. The molecule has 1 aliphatic heterocycles. The Morgan fingerprint density at radius 1 is 0.943 bits per heavy atom. The van der Waals surface area contributed by atoms with E-state index in [2.05, 4.69) is 5.32 Å². The SMILES string of the molecule is CCS(=O)(=O)N1Cc2ccccc2C[C@@H]1C(=O)Nc1cccc(S(=O)(=O)N(C)c2ccccc2)c1. The molecule has 1 amide bonds. The van der Waals surface area contributed by atoms with Crippen LogP contribution in [0.3, 0.4) is 0 Å². The van der Waals surface area contributed by atoms with Crippen LogP contribution in [-0.4, -0.2) is 45.9 Å². The molecule has 0 unspecified atom stereocenters. The Bertz CT molecular complexity index is 1440. The van der Waals surface area contributed by atoms with E-state index in [0.29, 0.717) is 5.69 Å². The molecule has 0 fully saturated rings. The van der Waals surface area contributed by atoms with Crippen molar-refractivity contribution in [1.29, 1.82) is 0 Å². The van der Waals surface area contributed by atoms with E-state index in [1.807, 2.05) is 24.3 Å². The minimum Gasteiger partial charge on any atom is -0.325 e. The van der Waals surface area contributed by atoms with Gasteiger partial charge in [-0.3, -0.25) is 9.10 Å². The molecule has 0 aliphatic carbocycles. The van der Waals surface area contributed by atoms with Crippen LogP contribution < -0.4 is 9.62 Å². The van der Waals surface area contributed by atoms with Crippen LogP contribution in [0.15, 0.2) is 83.8 Å². The third kappa shape index (κ3) is 5.09. The summed E-state index contributed by atoms with van der Waals surface area (Å²) in [4.78, 5) is 13.3. The lowest BCUT2D eigenvalue weighted by molar-refractivity contribution is -0.120. The van der Waals surface area contributed by atoms with Crippen LogP contribution in [-0.2, 0) is 37.8 Å². The van der Waals surface area contributed by atoms with Gasteiger partial charge in [0.1, 0.15) is 6.04 Å². The third-order valence-corrected chi connectivity index (χ3v) is 9.72. The fraction of sp³-hybridized carbons (Fsp3) is 0.240. The number of hydrogen-bond acceptors (Lipinski definition) is 5. The van der Waals surface area contributed by atoms with E-state index >= 15 is 0 Å². The van der Waals surface area contributed by atoms with Gasteiger partial charge in [-0.05, 0) is 54.8 Å². The van der Waals surface area contributed by atoms with Gasteiger partial charge >= 0.3 is 0 Å². The predicted octanol–water partition coefficient (Wildman–Crippen LogP) is 3.23. The maximum atomic E-state index is 13.3. The molecular formula is C25H27N3O5S2. The molecule has 0 radical (unpaired) electrons. The average Bonchev–Trinajstić information content (AvgIpc) is 2.88. The van der Waals surface area contributed by atoms with Crippen molar-refractivity contribution < 1.29 is 21.6 Å². The molecule has 0 bridgehead atoms. The number of anilines is 2. The van der Waals surface area contributed by atoms with Crippen molar-refractivity contribution in [2.45, 2.75) is 30.8 Å². The predicted molar refractivity (Wildman–Crippen MR) is 136 cm³/mol. The molecule has 0 saturated carbocycles. The number of rotatable bonds is 7. The molecule has 3 aromatic rings. The van der Waals surface area contributed by atoms with Crippen LogP contribution in [0.2, 0.25) is 0 Å². The van der Waals surface area contributed by atoms with Crippen molar-refractivity contribution in [1.82, 2.24) is 4.31 Å². The Labute approximate surface area is 206 Å². The Balaban J connectivity index is 1.61. The average molecular weight is 514 g/mol. The van der Waals surface area contributed by atoms with Crippen molar-refractivity contribution in [2.24, 2.45) is 0 Å². The summed E-state index contributed by atoms with van der Waals surface area (Å²) in [5.74, 6) is -0.638. The number of fused-ring (bicyclic) bond motifs is 1. The van der Waals surface area contributed by atoms with Crippen LogP contribution in [0.5, 0.6) is 0 Å². The third-order valence-electron chi connectivity index (χ3n) is 6.11. The molecule has 3 aromatic carbocycles. The lowest BCUT2D eigenvalue weighted by Crippen LogP contribution is -2.51. The number of carbonyl (C=O) groups excluding carboxylic acids is 1. The van der Waals surface area contributed by atoms with Crippen LogP contribution in [0.1, 0.15) is 18.1 Å². The number of nitrogens with one attached hydrogen (secondary N) is 1. The first kappa shape index (κ1) is 24.9. The zero-order chi connectivity index (χ0) is 25.2. The van der Waals surface area contributed by atoms with E-state index in [0.717, 1.165) is 11.1 Å². The Kier molecular flexibility index (Phi) is 6.98. The lowest BCUT2D eigenvalue weighted by Gasteiger charge is -2.34. The van der Waals surface area contributed by atoms with Crippen molar-refractivity contribution in [3.05, 3.63) is 90.0 Å². The van der Waals surface area contributed by atoms with Crippen LogP contribution in [0.25, 0.3) is 0 Å². The highest BCUT2D eigenvalue weighted by molar-refractivity contribution is 7.92. The quantitative estimate of drug-likeness (QED) is 0.522. The van der Waals surface area contributed by atoms with Crippen molar-refractivity contribution in [2.75, 3.05) is 22.4 Å². The van der Waals surface area contributed by atoms with E-state index in [1.165, 1.54) is 33.9 Å². The van der Waals surface area contributed by atoms with Crippen molar-refractivity contribution in [3.8, 4) is 0 Å². The molecule has 0 saturated heterocycles. The zero-order valence-corrected chi connectivity index (χ0v) is 21.1. The summed E-state index contributed by atoms with van der Waals surface area (Å²) < 4.78 is 54.3. The molecule has 1 atom stereocenters. The van der Waals surface area contributed by atoms with Gasteiger partial charge in [0.05, 0.1) is 16.3 Å². The van der Waals surface area contributed by atoms with Gasteiger partial charge < -0.3 is 5.32 Å². The van der Waals surface area contributed by atoms with Gasteiger partial charge in [-0.25, -0.2) is 16.8 Å². The largest absolute Gasteiger partial charge is 0.325 e. The van der Waals surface area contributed by atoms with Gasteiger partial charge in [0.2, 0.25) is 15.9 Å². The van der Waals surface area contributed by atoms with Gasteiger partial charge in [0.15, 0.2) is 0 Å². The monoisotopic (exact) mass is 513 g/mol. The second-order valence-corrected chi connectivity index (χ2v) is 12.4. The summed E-state index contributed by atoms with van der Waals surface area (Å²) in [5.41, 5.74) is 2.55. The highest BCUT2D eigenvalue weighted by Crippen LogP contribution is 2.28. The zero-order valence-electron chi connectivity index (χ0n) is 19.5. The number of hydrogen-bond donors (Lipinski definition) is 1. The van der Waals surface area contributed by atoms with Crippen LogP contribution in [0.4, 0.5) is 11.4 Å². The first-order valence-corrected chi connectivity index (χ1v) is 14.2. The van der Waals surface area contributed by atoms with Gasteiger partial charge in [0.25, 0.3) is 10.0 Å². The maximum absolute atomic E-state index is 13.3. The Morgan fingerprint density at radius 2 is 1.60 bits per heavy atom. The second kappa shape index (κ2) is 9.80. The van der Waals surface area contributed by atoms with E-state index in [1.54, 1.807) is 43.3 Å². The topological polar surface area (TPSA) is 104 Å². The summed E-state index contributed by atoms with van der Waals surface area (Å²) in [6, 6.07) is 21.1. The summed E-state index contributed by atoms with van der Waals surface area (Å²) in [5, 5.41) is 2.73. The summed E-state index contributed by atoms with van der Waals surface area (Å²) in [7, 11) is -6.07. The van der Waals surface area contributed by atoms with E-state index < -0.39 is 32.0 Å². The number of nitrogens with zero attached hydrogens (tertiary/aromatic N) is 2. The molecule has 35 heavy (non-hydrogen) atoms. The fourth-order valence-electron chi connectivity index (χ4n) is 4.08. The minimum atomic E-state index is -3.88. The van der Waals surface area contributed by atoms with Gasteiger partial charge in [-0.1, -0.05) is 48.5 Å². The first-order valence-electron chi connectivity index (χ1n) is 11.1. The van der Waals surface area contributed by atoms with E-state index in [4.69, 9.17) is 0 Å². The number of sulfonamides is 2. The summed E-state index contributed by atoms with van der Waals surface area (Å²) >= 11 is 0. The van der Waals surface area contributed by atoms with Gasteiger partial charge in [0, 0.05) is 19.3 Å². The number of benzene rings is 3. The number of carbonyl (C=O) groups is 1. The van der Waals surface area contributed by atoms with Crippen molar-refractivity contribution >= 4 is 37.3 Å². The molecule has 0 spiro atoms. The van der Waals surface area contributed by atoms with Gasteiger partial charge in [-0.15, -0.1) is 0 Å². The van der Waals surface area contributed by atoms with E-state index in [-0.39, 0.29) is 29.3 Å². The summed E-state index contributed by atoms with van der Waals surface area (Å²) in [6.45, 7) is 1.66. The Hall–Kier alpha value is -3.21. The molecule has 184 valence electrons. The number of amides is 1. The normalized spacial score (nSPS) is 16.3. The Morgan fingerprint density at radius 3 is 2.29 bits per heavy atom. The lowest BCUT2D eigenvalue weighted by atomic mass is 9.95. The molecule has 8 nitrogen and oxygen atoms in total. The van der Waals surface area contributed by atoms with Crippen LogP contribution in [0, 0.1) is 0 Å². The first-order chi connectivity index (χ1) is 16.6. The maximum Gasteiger partial charge on any atom is 0.264 e. The molecule has 1 N–H and O–H groups in total. The molecule has 1 aliphatic rings. The highest BCUT2D eigenvalue weighted by atomic mass is 32.2. The fourth-order valence-corrected chi connectivity index (χ4v) is 6.54. The van der Waals surface area contributed by atoms with Gasteiger partial charge in [-0.2, -0.15) is 4.31 Å². The standard InChI is InChI=1S/C25H27N3O5S2/c1-3-34(30,31)28-18-20-11-8-7-10-19(20)16-24(28)25(29)26-21-12-9-15-23(17-21)35(32,33)27(2)22-13-5-4-6-14-22/h4-15,17,24H,3,16,18H2,1-2H3,(H,26,29)/t24-/m1/s1. The highest BCUT2D eigenvalue weighted by Gasteiger charge is 2.38. The van der Waals surface area contributed by atoms with Crippen molar-refractivity contribution in [3.63, 3.8) is 0 Å². The van der Waals surface area contributed by atoms with E-state index in [9.17, 15) is 21.6 Å². The summed E-state index contributed by atoms with van der Waals surface area (Å²) in [6.07, 6.45) is 0.232.